The number of esters is 1. The summed E-state index contributed by atoms with van der Waals surface area (Å²) in [6, 6.07) is 0. The second kappa shape index (κ2) is 13.7. The molecular formula is C43H70N2O6. The first-order chi connectivity index (χ1) is 23.8. The molecule has 6 rings (SSSR count). The van der Waals surface area contributed by atoms with Gasteiger partial charge in [0.1, 0.15) is 6.10 Å². The third kappa shape index (κ3) is 6.52. The van der Waals surface area contributed by atoms with Crippen LogP contribution in [0.2, 0.25) is 0 Å². The standard InChI is InChI=1S/C43H70N2O6/c1-28(2)29-12-17-43(37(49)44-20-21-45-22-24-50-25-23-45)19-18-41(8)30(36(29)43)10-11-32-40(7)15-14-33(39(5,6)31(40)13-16-42(32,41)9)51-35(48)27-38(3,4)26-34(46)47/h29-33,36H,1,10-27H2,2-9H3,(H,44,49)(H,46,47)/t29-,30+,31?,32?,33-,36?,40-,41+,42+,43-/m0/s1. The van der Waals surface area contributed by atoms with Crippen molar-refractivity contribution in [2.75, 3.05) is 39.4 Å². The molecule has 8 heteroatoms. The van der Waals surface area contributed by atoms with E-state index in [4.69, 9.17) is 9.47 Å². The molecule has 1 amide bonds. The van der Waals surface area contributed by atoms with Gasteiger partial charge >= 0.3 is 11.9 Å². The minimum absolute atomic E-state index is 0.0500. The molecule has 0 radical (unpaired) electrons. The van der Waals surface area contributed by atoms with E-state index in [1.807, 2.05) is 13.8 Å². The van der Waals surface area contributed by atoms with Gasteiger partial charge in [0.05, 0.1) is 31.5 Å². The van der Waals surface area contributed by atoms with Crippen molar-refractivity contribution in [2.24, 2.45) is 62.1 Å². The van der Waals surface area contributed by atoms with Gasteiger partial charge in [0.15, 0.2) is 0 Å². The van der Waals surface area contributed by atoms with E-state index in [-0.39, 0.29) is 52.0 Å². The van der Waals surface area contributed by atoms with Gasteiger partial charge in [0.2, 0.25) is 5.91 Å². The van der Waals surface area contributed by atoms with Crippen molar-refractivity contribution in [1.29, 1.82) is 0 Å². The fourth-order valence-electron chi connectivity index (χ4n) is 14.1. The zero-order valence-corrected chi connectivity index (χ0v) is 33.3. The minimum atomic E-state index is -0.885. The molecule has 6 fully saturated rings. The summed E-state index contributed by atoms with van der Waals surface area (Å²) in [4.78, 5) is 41.5. The van der Waals surface area contributed by atoms with Crippen molar-refractivity contribution in [3.63, 3.8) is 0 Å². The van der Waals surface area contributed by atoms with Crippen molar-refractivity contribution < 1.29 is 29.0 Å². The molecule has 0 aromatic heterocycles. The van der Waals surface area contributed by atoms with Crippen LogP contribution in [0.1, 0.15) is 132 Å². The highest BCUT2D eigenvalue weighted by atomic mass is 16.5. The number of hydrogen-bond donors (Lipinski definition) is 2. The predicted octanol–water partition coefficient (Wildman–Crippen LogP) is 7.90. The fraction of sp³-hybridized carbons (Fsp3) is 0.884. The molecule has 51 heavy (non-hydrogen) atoms. The van der Waals surface area contributed by atoms with Gasteiger partial charge in [0, 0.05) is 31.6 Å². The third-order valence-corrected chi connectivity index (χ3v) is 16.8. The number of carbonyl (C=O) groups excluding carboxylic acids is 2. The van der Waals surface area contributed by atoms with Gasteiger partial charge in [-0.25, -0.2) is 0 Å². The van der Waals surface area contributed by atoms with Gasteiger partial charge in [-0.05, 0) is 122 Å². The number of aliphatic carboxylic acids is 1. The van der Waals surface area contributed by atoms with E-state index in [0.717, 1.165) is 77.8 Å². The average Bonchev–Trinajstić information content (AvgIpc) is 3.44. The quantitative estimate of drug-likeness (QED) is 0.176. The number of carbonyl (C=O) groups is 3. The van der Waals surface area contributed by atoms with Crippen molar-refractivity contribution in [3.8, 4) is 0 Å². The molecule has 1 saturated heterocycles. The summed E-state index contributed by atoms with van der Waals surface area (Å²) in [6.07, 6.45) is 10.6. The topological polar surface area (TPSA) is 105 Å². The number of allylic oxidation sites excluding steroid dienone is 1. The van der Waals surface area contributed by atoms with Gasteiger partial charge in [0.25, 0.3) is 0 Å². The first-order valence-electron chi connectivity index (χ1n) is 20.5. The number of hydrogen-bond acceptors (Lipinski definition) is 6. The number of morpholine rings is 1. The fourth-order valence-corrected chi connectivity index (χ4v) is 14.1. The molecule has 8 nitrogen and oxygen atoms in total. The lowest BCUT2D eigenvalue weighted by molar-refractivity contribution is -0.249. The Morgan fingerprint density at radius 3 is 2.25 bits per heavy atom. The number of fused-ring (bicyclic) bond motifs is 7. The van der Waals surface area contributed by atoms with Gasteiger partial charge in [-0.2, -0.15) is 0 Å². The van der Waals surface area contributed by atoms with E-state index < -0.39 is 11.4 Å². The van der Waals surface area contributed by atoms with Crippen LogP contribution in [0.4, 0.5) is 0 Å². The molecule has 0 aromatic rings. The van der Waals surface area contributed by atoms with Crippen LogP contribution < -0.4 is 5.32 Å². The lowest BCUT2D eigenvalue weighted by Gasteiger charge is -2.72. The molecule has 10 atom stereocenters. The normalized spacial score (nSPS) is 42.0. The van der Waals surface area contributed by atoms with E-state index in [2.05, 4.69) is 58.3 Å². The summed E-state index contributed by atoms with van der Waals surface area (Å²) >= 11 is 0. The zero-order chi connectivity index (χ0) is 37.2. The summed E-state index contributed by atoms with van der Waals surface area (Å²) in [5.74, 6) is 1.41. The largest absolute Gasteiger partial charge is 0.481 e. The highest BCUT2D eigenvalue weighted by Crippen LogP contribution is 2.77. The van der Waals surface area contributed by atoms with Crippen LogP contribution in [-0.4, -0.2) is 73.3 Å². The number of nitrogens with one attached hydrogen (secondary N) is 1. The number of rotatable bonds is 10. The van der Waals surface area contributed by atoms with Gasteiger partial charge in [-0.1, -0.05) is 60.6 Å². The molecular weight excluding hydrogens is 640 g/mol. The highest BCUT2D eigenvalue weighted by Gasteiger charge is 2.72. The molecule has 3 unspecified atom stereocenters. The number of carboxylic acid groups (broad SMARTS) is 1. The van der Waals surface area contributed by atoms with Crippen LogP contribution in [0.3, 0.4) is 0 Å². The Kier molecular flexibility index (Phi) is 10.4. The number of nitrogens with zero attached hydrogens (tertiary/aromatic N) is 1. The summed E-state index contributed by atoms with van der Waals surface area (Å²) in [6.45, 7) is 27.9. The first kappa shape index (κ1) is 38.8. The second-order valence-corrected chi connectivity index (χ2v) is 20.3. The molecule has 2 N–H and O–H groups in total. The molecule has 1 aliphatic heterocycles. The van der Waals surface area contributed by atoms with E-state index in [1.165, 1.54) is 24.8 Å². The van der Waals surface area contributed by atoms with Crippen molar-refractivity contribution >= 4 is 17.8 Å². The van der Waals surface area contributed by atoms with Crippen LogP contribution in [-0.2, 0) is 23.9 Å². The smallest absolute Gasteiger partial charge is 0.306 e. The number of carboxylic acids is 1. The Balaban J connectivity index is 1.20. The maximum Gasteiger partial charge on any atom is 0.306 e. The van der Waals surface area contributed by atoms with E-state index >= 15 is 0 Å². The van der Waals surface area contributed by atoms with Gasteiger partial charge < -0.3 is 19.9 Å². The Hall–Kier alpha value is -1.93. The zero-order valence-electron chi connectivity index (χ0n) is 33.3. The van der Waals surface area contributed by atoms with Crippen molar-refractivity contribution in [3.05, 3.63) is 12.2 Å². The summed E-state index contributed by atoms with van der Waals surface area (Å²) in [5, 5.41) is 12.8. The molecule has 0 aromatic carbocycles. The molecule has 288 valence electrons. The molecule has 5 aliphatic carbocycles. The second-order valence-electron chi connectivity index (χ2n) is 20.3. The minimum Gasteiger partial charge on any atom is -0.481 e. The SMILES string of the molecule is C=C(C)[C@@H]1CC[C@]2(C(=O)NCCN3CCOCC3)CC[C@]3(C)[C@H](CCC4[C@@]5(C)CC[C@H](OC(=O)CC(C)(C)CC(=O)O)C(C)(C)C5CC[C@]43C)C12. The third-order valence-electron chi connectivity index (χ3n) is 16.8. The van der Waals surface area contributed by atoms with Crippen LogP contribution in [0.5, 0.6) is 0 Å². The van der Waals surface area contributed by atoms with Gasteiger partial charge in [-0.15, -0.1) is 0 Å². The van der Waals surface area contributed by atoms with E-state index in [9.17, 15) is 19.5 Å². The Morgan fingerprint density at radius 1 is 0.882 bits per heavy atom. The predicted molar refractivity (Wildman–Crippen MR) is 200 cm³/mol. The molecule has 0 spiro atoms. The van der Waals surface area contributed by atoms with Crippen LogP contribution in [0.25, 0.3) is 0 Å². The summed E-state index contributed by atoms with van der Waals surface area (Å²) in [7, 11) is 0. The van der Waals surface area contributed by atoms with E-state index in [0.29, 0.717) is 42.0 Å². The number of ether oxygens (including phenoxy) is 2. The molecule has 0 bridgehead atoms. The lowest BCUT2D eigenvalue weighted by atomic mass is 9.32. The average molecular weight is 711 g/mol. The Bertz CT molecular complexity index is 1370. The number of amides is 1. The monoisotopic (exact) mass is 711 g/mol. The molecule has 6 aliphatic rings. The van der Waals surface area contributed by atoms with E-state index in [1.54, 1.807) is 0 Å². The molecule has 1 heterocycles. The summed E-state index contributed by atoms with van der Waals surface area (Å²) < 4.78 is 11.8. The van der Waals surface area contributed by atoms with Crippen LogP contribution in [0, 0.1) is 62.1 Å². The Labute approximate surface area is 308 Å². The highest BCUT2D eigenvalue weighted by molar-refractivity contribution is 5.84. The van der Waals surface area contributed by atoms with Crippen LogP contribution in [0.15, 0.2) is 12.2 Å². The van der Waals surface area contributed by atoms with Crippen LogP contribution >= 0.6 is 0 Å². The van der Waals surface area contributed by atoms with Crippen molar-refractivity contribution in [2.45, 2.75) is 139 Å². The molecule has 5 saturated carbocycles. The lowest BCUT2D eigenvalue weighted by Crippen LogP contribution is -2.67. The maximum absolute atomic E-state index is 14.4. The Morgan fingerprint density at radius 2 is 1.59 bits per heavy atom. The maximum atomic E-state index is 14.4. The van der Waals surface area contributed by atoms with Crippen molar-refractivity contribution in [1.82, 2.24) is 10.2 Å². The summed E-state index contributed by atoms with van der Waals surface area (Å²) in [5.41, 5.74) is 0.611. The van der Waals surface area contributed by atoms with Gasteiger partial charge in [-0.3, -0.25) is 19.3 Å². The first-order valence-corrected chi connectivity index (χ1v) is 20.5.